The van der Waals surface area contributed by atoms with Gasteiger partial charge in [0.2, 0.25) is 16.0 Å². The average Bonchev–Trinajstić information content (AvgIpc) is 3.07. The second kappa shape index (κ2) is 8.62. The van der Waals surface area contributed by atoms with Gasteiger partial charge in [-0.2, -0.15) is 4.52 Å². The molecule has 2 aromatic rings. The van der Waals surface area contributed by atoms with E-state index in [2.05, 4.69) is 34.1 Å². The summed E-state index contributed by atoms with van der Waals surface area (Å²) in [5, 5.41) is 8.30. The van der Waals surface area contributed by atoms with Crippen LogP contribution in [0, 0.1) is 5.92 Å². The van der Waals surface area contributed by atoms with Gasteiger partial charge in [-0.1, -0.05) is 38.0 Å². The van der Waals surface area contributed by atoms with E-state index in [0.717, 1.165) is 69.0 Å². The Morgan fingerprint density at radius 3 is 2.77 bits per heavy atom. The topological polar surface area (TPSA) is 79.6 Å². The Balaban J connectivity index is 1.65. The summed E-state index contributed by atoms with van der Waals surface area (Å²) in [7, 11) is 0. The molecular weight excluding hydrogens is 350 g/mol. The number of nitrogens with one attached hydrogen (secondary N) is 1. The number of nitrogens with zero attached hydrogens (tertiary/aromatic N) is 4. The Hall–Kier alpha value is -1.96. The molecule has 1 amide bonds. The first-order valence-corrected chi connectivity index (χ1v) is 10.4. The van der Waals surface area contributed by atoms with Crippen molar-refractivity contribution in [3.63, 3.8) is 0 Å². The highest BCUT2D eigenvalue weighted by atomic mass is 32.1. The highest BCUT2D eigenvalue weighted by Gasteiger charge is 2.26. The highest BCUT2D eigenvalue weighted by molar-refractivity contribution is 7.20. The van der Waals surface area contributed by atoms with Crippen LogP contribution in [0.4, 0.5) is 5.13 Å². The van der Waals surface area contributed by atoms with Gasteiger partial charge >= 0.3 is 0 Å². The molecule has 8 heteroatoms. The number of aromatic nitrogens is 3. The van der Waals surface area contributed by atoms with Crippen molar-refractivity contribution in [3.05, 3.63) is 22.1 Å². The van der Waals surface area contributed by atoms with Crippen LogP contribution in [-0.2, 0) is 11.2 Å². The number of unbranched alkanes of at least 4 members (excludes halogenated alkanes) is 1. The van der Waals surface area contributed by atoms with E-state index in [4.69, 9.17) is 0 Å². The molecule has 142 valence electrons. The van der Waals surface area contributed by atoms with E-state index in [0.29, 0.717) is 4.96 Å². The standard InChI is InChI=1S/C18H27N5O2S/c1-3-5-9-19-16(25)13-7-10-22(11-8-13)18-21-23-15(24)12-14(6-4-2)20-17(23)26-18/h12-13H,3-11H2,1-2H3,(H,19,25). The van der Waals surface area contributed by atoms with Crippen molar-refractivity contribution in [1.29, 1.82) is 0 Å². The monoisotopic (exact) mass is 377 g/mol. The van der Waals surface area contributed by atoms with Crippen molar-refractivity contribution in [2.24, 2.45) is 5.92 Å². The fourth-order valence-electron chi connectivity index (χ4n) is 3.22. The van der Waals surface area contributed by atoms with E-state index in [1.165, 1.54) is 15.9 Å². The van der Waals surface area contributed by atoms with Crippen LogP contribution in [0.15, 0.2) is 10.9 Å². The molecule has 0 bridgehead atoms. The number of carbonyl (C=O) groups is 1. The minimum atomic E-state index is -0.119. The Morgan fingerprint density at radius 2 is 2.08 bits per heavy atom. The van der Waals surface area contributed by atoms with Crippen LogP contribution in [0.3, 0.4) is 0 Å². The van der Waals surface area contributed by atoms with E-state index in [9.17, 15) is 9.59 Å². The molecule has 1 saturated heterocycles. The molecule has 26 heavy (non-hydrogen) atoms. The molecule has 0 radical (unpaired) electrons. The molecular formula is C18H27N5O2S. The molecule has 1 aliphatic rings. The maximum Gasteiger partial charge on any atom is 0.275 e. The quantitative estimate of drug-likeness (QED) is 0.749. The van der Waals surface area contributed by atoms with Crippen LogP contribution in [0.5, 0.6) is 0 Å². The second-order valence-electron chi connectivity index (χ2n) is 6.82. The van der Waals surface area contributed by atoms with Gasteiger partial charge in [0.15, 0.2) is 0 Å². The van der Waals surface area contributed by atoms with Gasteiger partial charge in [0.25, 0.3) is 5.56 Å². The van der Waals surface area contributed by atoms with Crippen molar-refractivity contribution < 1.29 is 4.79 Å². The molecule has 3 rings (SSSR count). The summed E-state index contributed by atoms with van der Waals surface area (Å²) < 4.78 is 1.39. The fraction of sp³-hybridized carbons (Fsp3) is 0.667. The zero-order valence-electron chi connectivity index (χ0n) is 15.5. The minimum Gasteiger partial charge on any atom is -0.356 e. The number of fused-ring (bicyclic) bond motifs is 1. The van der Waals surface area contributed by atoms with Gasteiger partial charge in [-0.25, -0.2) is 4.98 Å². The summed E-state index contributed by atoms with van der Waals surface area (Å²) in [6, 6.07) is 1.58. The van der Waals surface area contributed by atoms with E-state index >= 15 is 0 Å². The molecule has 0 atom stereocenters. The van der Waals surface area contributed by atoms with Crippen LogP contribution in [0.1, 0.15) is 51.6 Å². The first-order chi connectivity index (χ1) is 12.6. The SMILES string of the molecule is CCCCNC(=O)C1CCN(c2nn3c(=O)cc(CCC)nc3s2)CC1. The number of hydrogen-bond acceptors (Lipinski definition) is 6. The molecule has 7 nitrogen and oxygen atoms in total. The molecule has 0 unspecified atom stereocenters. The van der Waals surface area contributed by atoms with Crippen LogP contribution in [-0.4, -0.2) is 40.1 Å². The van der Waals surface area contributed by atoms with Gasteiger partial charge < -0.3 is 10.2 Å². The fourth-order valence-corrected chi connectivity index (χ4v) is 4.20. The third kappa shape index (κ3) is 4.23. The molecule has 0 spiro atoms. The van der Waals surface area contributed by atoms with Gasteiger partial charge in [-0.05, 0) is 25.7 Å². The Kier molecular flexibility index (Phi) is 6.24. The van der Waals surface area contributed by atoms with Crippen LogP contribution in [0.25, 0.3) is 4.96 Å². The third-order valence-electron chi connectivity index (χ3n) is 4.76. The summed E-state index contributed by atoms with van der Waals surface area (Å²) in [5.41, 5.74) is 0.710. The lowest BCUT2D eigenvalue weighted by Crippen LogP contribution is -2.40. The second-order valence-corrected chi connectivity index (χ2v) is 7.76. The summed E-state index contributed by atoms with van der Waals surface area (Å²) >= 11 is 1.45. The molecule has 0 aliphatic carbocycles. The van der Waals surface area contributed by atoms with E-state index in [1.807, 2.05) is 0 Å². The van der Waals surface area contributed by atoms with Crippen molar-refractivity contribution in [2.45, 2.75) is 52.4 Å². The number of anilines is 1. The first-order valence-electron chi connectivity index (χ1n) is 9.54. The molecule has 3 heterocycles. The normalized spacial score (nSPS) is 15.5. The summed E-state index contributed by atoms with van der Waals surface area (Å²) in [5.74, 6) is 0.249. The molecule has 0 saturated carbocycles. The maximum atomic E-state index is 12.2. The van der Waals surface area contributed by atoms with Crippen LogP contribution in [0.2, 0.25) is 0 Å². The number of piperidine rings is 1. The Labute approximate surface area is 157 Å². The third-order valence-corrected chi connectivity index (χ3v) is 5.73. The summed E-state index contributed by atoms with van der Waals surface area (Å²) in [6.07, 6.45) is 5.51. The smallest absolute Gasteiger partial charge is 0.275 e. The predicted octanol–water partition coefficient (Wildman–Crippen LogP) is 2.24. The van der Waals surface area contributed by atoms with E-state index < -0.39 is 0 Å². The zero-order chi connectivity index (χ0) is 18.5. The number of aryl methyl sites for hydroxylation is 1. The van der Waals surface area contributed by atoms with E-state index in [-0.39, 0.29) is 17.4 Å². The molecule has 2 aromatic heterocycles. The lowest BCUT2D eigenvalue weighted by Gasteiger charge is -2.30. The largest absolute Gasteiger partial charge is 0.356 e. The van der Waals surface area contributed by atoms with Crippen molar-refractivity contribution in [1.82, 2.24) is 19.9 Å². The predicted molar refractivity (Wildman–Crippen MR) is 104 cm³/mol. The number of hydrogen-bond donors (Lipinski definition) is 1. The van der Waals surface area contributed by atoms with Crippen LogP contribution >= 0.6 is 11.3 Å². The lowest BCUT2D eigenvalue weighted by atomic mass is 9.96. The minimum absolute atomic E-state index is 0.0782. The number of carbonyl (C=O) groups excluding carboxylic acids is 1. The van der Waals surface area contributed by atoms with Gasteiger partial charge in [0, 0.05) is 37.3 Å². The Morgan fingerprint density at radius 1 is 1.31 bits per heavy atom. The number of rotatable bonds is 7. The molecule has 1 fully saturated rings. The van der Waals surface area contributed by atoms with Gasteiger partial charge in [0.05, 0.1) is 0 Å². The first kappa shape index (κ1) is 18.8. The van der Waals surface area contributed by atoms with Crippen molar-refractivity contribution in [3.8, 4) is 0 Å². The lowest BCUT2D eigenvalue weighted by molar-refractivity contribution is -0.125. The molecule has 1 N–H and O–H groups in total. The van der Waals surface area contributed by atoms with Crippen molar-refractivity contribution >= 4 is 27.3 Å². The summed E-state index contributed by atoms with van der Waals surface area (Å²) in [6.45, 7) is 6.52. The van der Waals surface area contributed by atoms with Crippen LogP contribution < -0.4 is 15.8 Å². The molecule has 0 aromatic carbocycles. The van der Waals surface area contributed by atoms with Crippen molar-refractivity contribution in [2.75, 3.05) is 24.5 Å². The summed E-state index contributed by atoms with van der Waals surface area (Å²) in [4.78, 5) is 31.8. The number of amides is 1. The molecule has 1 aliphatic heterocycles. The van der Waals surface area contributed by atoms with Gasteiger partial charge in [-0.3, -0.25) is 9.59 Å². The maximum absolute atomic E-state index is 12.2. The Bertz CT molecular complexity index is 808. The van der Waals surface area contributed by atoms with Gasteiger partial charge in [0.1, 0.15) is 0 Å². The highest BCUT2D eigenvalue weighted by Crippen LogP contribution is 2.27. The average molecular weight is 378 g/mol. The van der Waals surface area contributed by atoms with Gasteiger partial charge in [-0.15, -0.1) is 5.10 Å². The van der Waals surface area contributed by atoms with E-state index in [1.54, 1.807) is 6.07 Å². The zero-order valence-corrected chi connectivity index (χ0v) is 16.3.